The summed E-state index contributed by atoms with van der Waals surface area (Å²) in [5, 5.41) is -0.372. The predicted molar refractivity (Wildman–Crippen MR) is 172 cm³/mol. The molecule has 4 aromatic rings. The fourth-order valence-corrected chi connectivity index (χ4v) is 8.26. The van der Waals surface area contributed by atoms with E-state index < -0.39 is 121 Å². The van der Waals surface area contributed by atoms with E-state index in [4.69, 9.17) is 33.2 Å². The van der Waals surface area contributed by atoms with E-state index in [2.05, 4.69) is 14.1 Å². The van der Waals surface area contributed by atoms with Gasteiger partial charge >= 0.3 is 6.00 Å². The van der Waals surface area contributed by atoms with Gasteiger partial charge in [-0.3, -0.25) is 0 Å². The molecule has 1 fully saturated rings. The Labute approximate surface area is 306 Å². The normalized spacial score (nSPS) is 14.1. The SMILES string of the molecule is C[NH+](C)C1CCCCC1.Fc1c(F)c(F)c([B-](c2ccc([Si](Cl)(Cl)Cl)cc2)(c2c(F)c(F)c(F)c(F)c2F)c2c(F)c(F)c(F)c(F)c2F)c(F)c1F. The third-order valence-electron chi connectivity index (χ3n) is 9.19. The smallest absolute Gasteiger partial charge is 0.337 e. The molecule has 0 spiro atoms. The summed E-state index contributed by atoms with van der Waals surface area (Å²) >= 11 is 17.4. The molecule has 0 atom stereocenters. The molecule has 1 nitrogen and oxygen atoms in total. The van der Waals surface area contributed by atoms with E-state index in [9.17, 15) is 39.5 Å². The number of nitrogens with one attached hydrogen (secondary N) is 1. The van der Waals surface area contributed by atoms with Crippen molar-refractivity contribution in [2.45, 2.75) is 38.1 Å². The molecule has 0 heterocycles. The van der Waals surface area contributed by atoms with Crippen molar-refractivity contribution < 1.29 is 70.8 Å². The Hall–Kier alpha value is -3.06. The first kappa shape index (κ1) is 42.7. The van der Waals surface area contributed by atoms with E-state index >= 15 is 26.3 Å². The largest absolute Gasteiger partial charge is 0.372 e. The van der Waals surface area contributed by atoms with Crippen molar-refractivity contribution in [2.75, 3.05) is 14.1 Å². The molecule has 5 rings (SSSR count). The molecule has 0 saturated heterocycles. The van der Waals surface area contributed by atoms with E-state index in [1.807, 2.05) is 0 Å². The second-order valence-electron chi connectivity index (χ2n) is 12.3. The molecule has 53 heavy (non-hydrogen) atoms. The van der Waals surface area contributed by atoms with Gasteiger partial charge in [-0.2, -0.15) is 5.46 Å². The van der Waals surface area contributed by atoms with Gasteiger partial charge in [0.05, 0.1) is 20.1 Å². The van der Waals surface area contributed by atoms with Crippen LogP contribution in [0.25, 0.3) is 0 Å². The summed E-state index contributed by atoms with van der Waals surface area (Å²) in [6.07, 6.45) is 1.45. The predicted octanol–water partition coefficient (Wildman–Crippen LogP) is 6.48. The van der Waals surface area contributed by atoms with Crippen LogP contribution in [0.15, 0.2) is 24.3 Å². The van der Waals surface area contributed by atoms with Crippen LogP contribution in [0.2, 0.25) is 0 Å². The zero-order valence-electron chi connectivity index (χ0n) is 26.8. The molecule has 1 saturated carbocycles. The van der Waals surface area contributed by atoms with Crippen molar-refractivity contribution in [3.8, 4) is 0 Å². The molecule has 4 aromatic carbocycles. The summed E-state index contributed by atoms with van der Waals surface area (Å²) in [6, 6.07) is -1.40. The van der Waals surface area contributed by atoms with Crippen LogP contribution in [-0.2, 0) is 0 Å². The maximum absolute atomic E-state index is 15.5. The highest BCUT2D eigenvalue weighted by molar-refractivity contribution is 7.69. The summed E-state index contributed by atoms with van der Waals surface area (Å²) in [5.41, 5.74) is -9.81. The van der Waals surface area contributed by atoms with Gasteiger partial charge in [0.25, 0.3) is 0 Å². The van der Waals surface area contributed by atoms with Gasteiger partial charge in [0.2, 0.25) is 0 Å². The number of hydrogen-bond acceptors (Lipinski definition) is 0. The average molecular weight is 851 g/mol. The van der Waals surface area contributed by atoms with Crippen molar-refractivity contribution in [3.05, 3.63) is 112 Å². The number of quaternary nitrogens is 1. The Morgan fingerprint density at radius 2 is 0.717 bits per heavy atom. The van der Waals surface area contributed by atoms with E-state index in [1.165, 1.54) is 32.1 Å². The van der Waals surface area contributed by atoms with Crippen LogP contribution in [-0.4, -0.2) is 32.3 Å². The number of rotatable bonds is 6. The minimum Gasteiger partial charge on any atom is -0.337 e. The summed E-state index contributed by atoms with van der Waals surface area (Å²) in [6.45, 7) is 0. The minimum absolute atomic E-state index is 0.262. The van der Waals surface area contributed by atoms with Crippen molar-refractivity contribution in [3.63, 3.8) is 0 Å². The topological polar surface area (TPSA) is 4.44 Å². The molecule has 21 heteroatoms. The third kappa shape index (κ3) is 7.37. The van der Waals surface area contributed by atoms with Gasteiger partial charge in [-0.1, -0.05) is 30.7 Å². The number of benzene rings is 4. The summed E-state index contributed by atoms with van der Waals surface area (Å²) in [7, 11) is 4.55. The molecule has 1 aliphatic rings. The average Bonchev–Trinajstić information content (AvgIpc) is 3.13. The van der Waals surface area contributed by atoms with E-state index in [0.29, 0.717) is 12.1 Å². The van der Waals surface area contributed by atoms with E-state index in [0.717, 1.165) is 6.04 Å². The zero-order valence-corrected chi connectivity index (χ0v) is 30.1. The minimum atomic E-state index is -5.89. The third-order valence-corrected chi connectivity index (χ3v) is 12.1. The Kier molecular flexibility index (Phi) is 12.9. The molecule has 0 unspecified atom stereocenters. The molecular weight excluding hydrogens is 829 g/mol. The Bertz CT molecular complexity index is 1800. The van der Waals surface area contributed by atoms with Crippen LogP contribution >= 0.6 is 33.2 Å². The second-order valence-corrected chi connectivity index (χ2v) is 20.8. The number of hydrogen-bond donors (Lipinski definition) is 1. The quantitative estimate of drug-likeness (QED) is 0.0747. The van der Waals surface area contributed by atoms with Gasteiger partial charge in [-0.15, -0.1) is 49.6 Å². The molecule has 0 aliphatic heterocycles. The van der Waals surface area contributed by atoms with Gasteiger partial charge in [-0.05, 0) is 30.9 Å². The monoisotopic (exact) mass is 849 g/mol. The Balaban J connectivity index is 0.000000608. The summed E-state index contributed by atoms with van der Waals surface area (Å²) in [4.78, 5) is 1.65. The fourth-order valence-electron chi connectivity index (χ4n) is 6.58. The van der Waals surface area contributed by atoms with Gasteiger partial charge < -0.3 is 4.90 Å². The molecule has 0 bridgehead atoms. The molecule has 0 aromatic heterocycles. The standard InChI is InChI=1S/C24H4BCl3F15Si.C8H17N/c26-44(27,28)6-3-1-5(2-4-6)25(7-10(29)16(35)22(41)17(36)11(7)30,8-12(31)18(37)23(42)19(38)13(8)32)9-14(33)20(39)24(43)21(40)15(9)34;1-9(2)8-6-4-3-5-7-8/h1-4H;8H,3-7H2,1-2H3/q-1;/p+1. The van der Waals surface area contributed by atoms with Crippen LogP contribution in [0, 0.1) is 87.3 Å². The van der Waals surface area contributed by atoms with Crippen LogP contribution in [0.4, 0.5) is 65.9 Å². The first-order chi connectivity index (χ1) is 24.5. The lowest BCUT2D eigenvalue weighted by Gasteiger charge is -2.44. The Morgan fingerprint density at radius 1 is 0.453 bits per heavy atom. The van der Waals surface area contributed by atoms with Crippen LogP contribution < -0.4 is 31.9 Å². The first-order valence-corrected chi connectivity index (χ1v) is 20.3. The maximum atomic E-state index is 15.5. The lowest BCUT2D eigenvalue weighted by atomic mass is 9.12. The number of halogens is 18. The molecule has 0 radical (unpaired) electrons. The zero-order chi connectivity index (χ0) is 40.1. The lowest BCUT2D eigenvalue weighted by Crippen LogP contribution is -3.10. The molecule has 288 valence electrons. The van der Waals surface area contributed by atoms with Crippen LogP contribution in [0.1, 0.15) is 32.1 Å². The summed E-state index contributed by atoms with van der Waals surface area (Å²) < 4.78 is 223. The highest BCUT2D eigenvalue weighted by Crippen LogP contribution is 2.29. The highest BCUT2D eigenvalue weighted by Gasteiger charge is 2.49. The van der Waals surface area contributed by atoms with Crippen molar-refractivity contribution in [1.82, 2.24) is 0 Å². The molecule has 1 aliphatic carbocycles. The lowest BCUT2D eigenvalue weighted by molar-refractivity contribution is -0.887. The van der Waals surface area contributed by atoms with Gasteiger partial charge in [0.15, 0.2) is 52.4 Å². The van der Waals surface area contributed by atoms with Crippen LogP contribution in [0.3, 0.4) is 0 Å². The Morgan fingerprint density at radius 3 is 0.943 bits per heavy atom. The molecule has 1 N–H and O–H groups in total. The van der Waals surface area contributed by atoms with Crippen molar-refractivity contribution in [2.24, 2.45) is 0 Å². The van der Waals surface area contributed by atoms with E-state index in [1.54, 1.807) is 4.90 Å². The second kappa shape index (κ2) is 16.0. The van der Waals surface area contributed by atoms with Crippen LogP contribution in [0.5, 0.6) is 0 Å². The van der Waals surface area contributed by atoms with Crippen molar-refractivity contribution in [1.29, 1.82) is 0 Å². The first-order valence-electron chi connectivity index (χ1n) is 15.2. The summed E-state index contributed by atoms with van der Waals surface area (Å²) in [5.74, 6) is -46.3. The van der Waals surface area contributed by atoms with Gasteiger partial charge in [-0.25, -0.2) is 65.9 Å². The maximum Gasteiger partial charge on any atom is 0.372 e. The van der Waals surface area contributed by atoms with Gasteiger partial charge in [0.1, 0.15) is 41.0 Å². The fraction of sp³-hybridized carbons (Fsp3) is 0.250. The highest BCUT2D eigenvalue weighted by atomic mass is 35.8. The van der Waals surface area contributed by atoms with Crippen molar-refractivity contribution >= 4 is 72.4 Å². The molecular formula is C32H22BCl3F15NSi. The molecule has 0 amide bonds. The van der Waals surface area contributed by atoms with Gasteiger partial charge in [0, 0.05) is 0 Å². The van der Waals surface area contributed by atoms with E-state index in [-0.39, 0.29) is 17.3 Å².